The van der Waals surface area contributed by atoms with Crippen LogP contribution < -0.4 is 14.8 Å². The number of rotatable bonds is 8. The molecule has 0 radical (unpaired) electrons. The Kier molecular flexibility index (Phi) is 6.26. The molecule has 8 heteroatoms. The SMILES string of the molecule is CCOCCOc1cc2ncnc(Nc3ccc(Cl)cc3F)c2cc1OC. The van der Waals surface area contributed by atoms with Gasteiger partial charge < -0.3 is 19.5 Å². The average molecular weight is 392 g/mol. The van der Waals surface area contributed by atoms with E-state index in [2.05, 4.69) is 15.3 Å². The normalized spacial score (nSPS) is 10.8. The quantitative estimate of drug-likeness (QED) is 0.566. The molecule has 27 heavy (non-hydrogen) atoms. The lowest BCUT2D eigenvalue weighted by Crippen LogP contribution is -2.07. The Hall–Kier alpha value is -2.64. The highest BCUT2D eigenvalue weighted by atomic mass is 35.5. The lowest BCUT2D eigenvalue weighted by Gasteiger charge is -2.14. The van der Waals surface area contributed by atoms with Gasteiger partial charge in [0.25, 0.3) is 0 Å². The van der Waals surface area contributed by atoms with Gasteiger partial charge in [-0.1, -0.05) is 11.6 Å². The van der Waals surface area contributed by atoms with Crippen LogP contribution in [-0.4, -0.2) is 36.9 Å². The Morgan fingerprint density at radius 3 is 2.70 bits per heavy atom. The largest absolute Gasteiger partial charge is 0.493 e. The predicted molar refractivity (Wildman–Crippen MR) is 103 cm³/mol. The van der Waals surface area contributed by atoms with E-state index in [0.717, 1.165) is 0 Å². The second-order valence-electron chi connectivity index (χ2n) is 5.54. The molecule has 1 N–H and O–H groups in total. The Labute approximate surface area is 161 Å². The Morgan fingerprint density at radius 2 is 1.96 bits per heavy atom. The van der Waals surface area contributed by atoms with Gasteiger partial charge in [-0.3, -0.25) is 0 Å². The highest BCUT2D eigenvalue weighted by Crippen LogP contribution is 2.35. The zero-order chi connectivity index (χ0) is 19.2. The first-order valence-electron chi connectivity index (χ1n) is 8.37. The Morgan fingerprint density at radius 1 is 1.11 bits per heavy atom. The molecule has 0 unspecified atom stereocenters. The third-order valence-electron chi connectivity index (χ3n) is 3.79. The first-order valence-corrected chi connectivity index (χ1v) is 8.75. The first-order chi connectivity index (χ1) is 13.1. The molecule has 0 aliphatic rings. The fourth-order valence-corrected chi connectivity index (χ4v) is 2.67. The van der Waals surface area contributed by atoms with Crippen molar-refractivity contribution in [3.63, 3.8) is 0 Å². The highest BCUT2D eigenvalue weighted by Gasteiger charge is 2.13. The maximum atomic E-state index is 14.1. The molecule has 0 atom stereocenters. The lowest BCUT2D eigenvalue weighted by molar-refractivity contribution is 0.109. The number of aromatic nitrogens is 2. The van der Waals surface area contributed by atoms with Crippen LogP contribution in [0.25, 0.3) is 10.9 Å². The molecule has 3 aromatic rings. The minimum absolute atomic E-state index is 0.260. The number of nitrogens with one attached hydrogen (secondary N) is 1. The molecule has 1 heterocycles. The Balaban J connectivity index is 1.93. The summed E-state index contributed by atoms with van der Waals surface area (Å²) in [7, 11) is 1.55. The van der Waals surface area contributed by atoms with Crippen molar-refractivity contribution in [3.8, 4) is 11.5 Å². The van der Waals surface area contributed by atoms with Crippen molar-refractivity contribution in [2.45, 2.75) is 6.92 Å². The second kappa shape index (κ2) is 8.83. The zero-order valence-corrected chi connectivity index (χ0v) is 15.7. The number of hydrogen-bond acceptors (Lipinski definition) is 6. The van der Waals surface area contributed by atoms with E-state index in [9.17, 15) is 4.39 Å². The van der Waals surface area contributed by atoms with Crippen LogP contribution in [0, 0.1) is 5.82 Å². The molecular formula is C19H19ClFN3O3. The topological polar surface area (TPSA) is 65.5 Å². The van der Waals surface area contributed by atoms with Crippen molar-refractivity contribution in [1.29, 1.82) is 0 Å². The lowest BCUT2D eigenvalue weighted by atomic mass is 10.2. The van der Waals surface area contributed by atoms with Crippen molar-refractivity contribution in [1.82, 2.24) is 9.97 Å². The molecule has 0 fully saturated rings. The monoisotopic (exact) mass is 391 g/mol. The highest BCUT2D eigenvalue weighted by molar-refractivity contribution is 6.30. The van der Waals surface area contributed by atoms with Crippen molar-refractivity contribution in [3.05, 3.63) is 47.5 Å². The van der Waals surface area contributed by atoms with Crippen LogP contribution in [0.3, 0.4) is 0 Å². The van der Waals surface area contributed by atoms with Gasteiger partial charge >= 0.3 is 0 Å². The minimum atomic E-state index is -0.475. The number of fused-ring (bicyclic) bond motifs is 1. The molecule has 0 aliphatic heterocycles. The van der Waals surface area contributed by atoms with E-state index in [0.29, 0.717) is 53.1 Å². The minimum Gasteiger partial charge on any atom is -0.493 e. The van der Waals surface area contributed by atoms with Gasteiger partial charge in [-0.25, -0.2) is 14.4 Å². The maximum Gasteiger partial charge on any atom is 0.163 e. The van der Waals surface area contributed by atoms with Gasteiger partial charge in [0, 0.05) is 23.1 Å². The fourth-order valence-electron chi connectivity index (χ4n) is 2.51. The summed E-state index contributed by atoms with van der Waals surface area (Å²) in [5, 5.41) is 3.96. The van der Waals surface area contributed by atoms with Crippen molar-refractivity contribution >= 4 is 34.0 Å². The number of hydrogen-bond donors (Lipinski definition) is 1. The van der Waals surface area contributed by atoms with Gasteiger partial charge in [0.05, 0.1) is 24.9 Å². The van der Waals surface area contributed by atoms with Crippen LogP contribution in [0.2, 0.25) is 5.02 Å². The van der Waals surface area contributed by atoms with Crippen LogP contribution in [0.5, 0.6) is 11.5 Å². The number of ether oxygens (including phenoxy) is 3. The zero-order valence-electron chi connectivity index (χ0n) is 15.0. The summed E-state index contributed by atoms with van der Waals surface area (Å²) < 4.78 is 30.5. The first kappa shape index (κ1) is 19.1. The van der Waals surface area contributed by atoms with Crippen molar-refractivity contribution in [2.75, 3.05) is 32.2 Å². The summed E-state index contributed by atoms with van der Waals surface area (Å²) in [6.07, 6.45) is 1.40. The number of nitrogens with zero attached hydrogens (tertiary/aromatic N) is 2. The fraction of sp³-hybridized carbons (Fsp3) is 0.263. The van der Waals surface area contributed by atoms with Gasteiger partial charge in [0.2, 0.25) is 0 Å². The maximum absolute atomic E-state index is 14.1. The molecule has 142 valence electrons. The van der Waals surface area contributed by atoms with Crippen LogP contribution in [0.15, 0.2) is 36.7 Å². The molecule has 0 spiro atoms. The molecule has 6 nitrogen and oxygen atoms in total. The van der Waals surface area contributed by atoms with E-state index in [1.54, 1.807) is 31.4 Å². The Bertz CT molecular complexity index is 939. The summed E-state index contributed by atoms with van der Waals surface area (Å²) in [6, 6.07) is 7.89. The molecule has 0 saturated heterocycles. The summed E-state index contributed by atoms with van der Waals surface area (Å²) in [5.74, 6) is 1.04. The summed E-state index contributed by atoms with van der Waals surface area (Å²) in [4.78, 5) is 8.49. The van der Waals surface area contributed by atoms with Gasteiger partial charge in [0.1, 0.15) is 24.6 Å². The molecule has 2 aromatic carbocycles. The predicted octanol–water partition coefficient (Wildman–Crippen LogP) is 4.59. The summed E-state index contributed by atoms with van der Waals surface area (Å²) >= 11 is 5.80. The van der Waals surface area contributed by atoms with E-state index in [-0.39, 0.29) is 5.69 Å². The van der Waals surface area contributed by atoms with E-state index in [1.807, 2.05) is 6.92 Å². The van der Waals surface area contributed by atoms with Crippen LogP contribution in [0.1, 0.15) is 6.92 Å². The van der Waals surface area contributed by atoms with Gasteiger partial charge in [-0.2, -0.15) is 0 Å². The van der Waals surface area contributed by atoms with E-state index in [4.69, 9.17) is 25.8 Å². The van der Waals surface area contributed by atoms with E-state index in [1.165, 1.54) is 12.4 Å². The van der Waals surface area contributed by atoms with E-state index < -0.39 is 5.82 Å². The van der Waals surface area contributed by atoms with Gasteiger partial charge in [-0.15, -0.1) is 0 Å². The standard InChI is InChI=1S/C19H19ClFN3O3/c1-3-26-6-7-27-18-10-16-13(9-17(18)25-2)19(23-11-22-16)24-15-5-4-12(20)8-14(15)21/h4-5,8-11H,3,6-7H2,1-2H3,(H,22,23,24). The number of halogens is 2. The van der Waals surface area contributed by atoms with Crippen molar-refractivity contribution in [2.24, 2.45) is 0 Å². The van der Waals surface area contributed by atoms with Gasteiger partial charge in [-0.05, 0) is 31.2 Å². The summed E-state index contributed by atoms with van der Waals surface area (Å²) in [6.45, 7) is 3.42. The summed E-state index contributed by atoms with van der Waals surface area (Å²) in [5.41, 5.74) is 0.893. The smallest absolute Gasteiger partial charge is 0.163 e. The van der Waals surface area contributed by atoms with E-state index >= 15 is 0 Å². The number of anilines is 2. The molecule has 3 rings (SSSR count). The molecule has 0 amide bonds. The molecule has 0 bridgehead atoms. The van der Waals surface area contributed by atoms with Crippen LogP contribution in [-0.2, 0) is 4.74 Å². The second-order valence-corrected chi connectivity index (χ2v) is 5.97. The molecular weight excluding hydrogens is 373 g/mol. The molecule has 0 aliphatic carbocycles. The third-order valence-corrected chi connectivity index (χ3v) is 4.03. The average Bonchev–Trinajstić information content (AvgIpc) is 2.67. The van der Waals surface area contributed by atoms with Crippen LogP contribution in [0.4, 0.5) is 15.9 Å². The van der Waals surface area contributed by atoms with Gasteiger partial charge in [0.15, 0.2) is 11.5 Å². The van der Waals surface area contributed by atoms with Crippen LogP contribution >= 0.6 is 11.6 Å². The third kappa shape index (κ3) is 4.56. The molecule has 1 aromatic heterocycles. The number of benzene rings is 2. The molecule has 0 saturated carbocycles. The van der Waals surface area contributed by atoms with Crippen molar-refractivity contribution < 1.29 is 18.6 Å². The number of methoxy groups -OCH3 is 1.